The molecule has 0 heterocycles. The first-order valence-electron chi connectivity index (χ1n) is 5.04. The van der Waals surface area contributed by atoms with Crippen LogP contribution in [-0.4, -0.2) is 23.7 Å². The SMILES string of the molecule is CN(c1cccc(Br)c1)C(C)(C)CC(=O)O. The standard InChI is InChI=1S/C12H16BrNO2/c1-12(2,8-11(15)16)14(3)10-6-4-5-9(13)7-10/h4-7H,8H2,1-3H3,(H,15,16). The fourth-order valence-corrected chi connectivity index (χ4v) is 1.91. The fourth-order valence-electron chi connectivity index (χ4n) is 1.52. The van der Waals surface area contributed by atoms with Crippen LogP contribution in [0.1, 0.15) is 20.3 Å². The van der Waals surface area contributed by atoms with Crippen LogP contribution < -0.4 is 4.90 Å². The number of carbonyl (C=O) groups is 1. The Balaban J connectivity index is 2.92. The molecule has 0 aliphatic heterocycles. The average molecular weight is 286 g/mol. The number of hydrogen-bond donors (Lipinski definition) is 1. The monoisotopic (exact) mass is 285 g/mol. The summed E-state index contributed by atoms with van der Waals surface area (Å²) >= 11 is 3.41. The van der Waals surface area contributed by atoms with E-state index in [1.165, 1.54) is 0 Å². The second-order valence-electron chi connectivity index (χ2n) is 4.42. The van der Waals surface area contributed by atoms with Gasteiger partial charge in [0, 0.05) is 22.7 Å². The highest BCUT2D eigenvalue weighted by molar-refractivity contribution is 9.10. The molecule has 4 heteroatoms. The number of carboxylic acids is 1. The quantitative estimate of drug-likeness (QED) is 0.924. The van der Waals surface area contributed by atoms with Crippen LogP contribution in [0.15, 0.2) is 28.7 Å². The van der Waals surface area contributed by atoms with E-state index in [9.17, 15) is 4.79 Å². The third-order valence-corrected chi connectivity index (χ3v) is 3.18. The largest absolute Gasteiger partial charge is 0.481 e. The third-order valence-electron chi connectivity index (χ3n) is 2.69. The van der Waals surface area contributed by atoms with Crippen LogP contribution in [0.3, 0.4) is 0 Å². The van der Waals surface area contributed by atoms with Gasteiger partial charge in [0.1, 0.15) is 0 Å². The van der Waals surface area contributed by atoms with Crippen LogP contribution in [0, 0.1) is 0 Å². The molecule has 3 nitrogen and oxygen atoms in total. The topological polar surface area (TPSA) is 40.5 Å². The van der Waals surface area contributed by atoms with E-state index >= 15 is 0 Å². The van der Waals surface area contributed by atoms with Crippen molar-refractivity contribution in [1.82, 2.24) is 0 Å². The fraction of sp³-hybridized carbons (Fsp3) is 0.417. The Hall–Kier alpha value is -1.03. The molecule has 1 aromatic rings. The predicted octanol–water partition coefficient (Wildman–Crippen LogP) is 3.14. The maximum Gasteiger partial charge on any atom is 0.305 e. The van der Waals surface area contributed by atoms with Gasteiger partial charge in [0.25, 0.3) is 0 Å². The first kappa shape index (κ1) is 13.0. The van der Waals surface area contributed by atoms with E-state index in [0.717, 1.165) is 10.2 Å². The Morgan fingerprint density at radius 2 is 2.12 bits per heavy atom. The van der Waals surface area contributed by atoms with E-state index < -0.39 is 11.5 Å². The molecule has 0 atom stereocenters. The van der Waals surface area contributed by atoms with E-state index in [0.29, 0.717) is 0 Å². The molecule has 0 saturated carbocycles. The number of aliphatic carboxylic acids is 1. The lowest BCUT2D eigenvalue weighted by atomic mass is 9.98. The summed E-state index contributed by atoms with van der Waals surface area (Å²) in [5, 5.41) is 8.86. The van der Waals surface area contributed by atoms with Gasteiger partial charge in [0.2, 0.25) is 0 Å². The van der Waals surface area contributed by atoms with Crippen molar-refractivity contribution in [2.75, 3.05) is 11.9 Å². The highest BCUT2D eigenvalue weighted by atomic mass is 79.9. The van der Waals surface area contributed by atoms with Gasteiger partial charge < -0.3 is 10.0 Å². The molecule has 1 N–H and O–H groups in total. The van der Waals surface area contributed by atoms with Gasteiger partial charge in [-0.1, -0.05) is 22.0 Å². The summed E-state index contributed by atoms with van der Waals surface area (Å²) in [7, 11) is 1.91. The van der Waals surface area contributed by atoms with Gasteiger partial charge in [-0.3, -0.25) is 4.79 Å². The lowest BCUT2D eigenvalue weighted by Gasteiger charge is -2.36. The maximum absolute atomic E-state index is 10.8. The number of halogens is 1. The van der Waals surface area contributed by atoms with Crippen molar-refractivity contribution in [1.29, 1.82) is 0 Å². The number of rotatable bonds is 4. The van der Waals surface area contributed by atoms with Crippen molar-refractivity contribution in [3.05, 3.63) is 28.7 Å². The third kappa shape index (κ3) is 3.23. The van der Waals surface area contributed by atoms with Crippen molar-refractivity contribution >= 4 is 27.6 Å². The van der Waals surface area contributed by atoms with Gasteiger partial charge in [0.05, 0.1) is 6.42 Å². The van der Waals surface area contributed by atoms with E-state index in [4.69, 9.17) is 5.11 Å². The lowest BCUT2D eigenvalue weighted by Crippen LogP contribution is -2.43. The van der Waals surface area contributed by atoms with Crippen molar-refractivity contribution in [3.63, 3.8) is 0 Å². The summed E-state index contributed by atoms with van der Waals surface area (Å²) in [6.45, 7) is 3.84. The number of hydrogen-bond acceptors (Lipinski definition) is 2. The summed E-state index contributed by atoms with van der Waals surface area (Å²) in [6, 6.07) is 7.83. The summed E-state index contributed by atoms with van der Waals surface area (Å²) in [4.78, 5) is 12.8. The highest BCUT2D eigenvalue weighted by Gasteiger charge is 2.26. The Kier molecular flexibility index (Phi) is 3.97. The second-order valence-corrected chi connectivity index (χ2v) is 5.34. The Labute approximate surface area is 104 Å². The molecule has 0 radical (unpaired) electrons. The molecule has 0 fully saturated rings. The van der Waals surface area contributed by atoms with Crippen molar-refractivity contribution in [2.45, 2.75) is 25.8 Å². The van der Waals surface area contributed by atoms with Crippen molar-refractivity contribution < 1.29 is 9.90 Å². The van der Waals surface area contributed by atoms with Crippen LogP contribution >= 0.6 is 15.9 Å². The molecule has 16 heavy (non-hydrogen) atoms. The van der Waals surface area contributed by atoms with Gasteiger partial charge in [0.15, 0.2) is 0 Å². The highest BCUT2D eigenvalue weighted by Crippen LogP contribution is 2.27. The zero-order chi connectivity index (χ0) is 12.3. The molecule has 88 valence electrons. The molecule has 1 aromatic carbocycles. The molecule has 0 unspecified atom stereocenters. The first-order valence-corrected chi connectivity index (χ1v) is 5.83. The average Bonchev–Trinajstić information content (AvgIpc) is 2.14. The van der Waals surface area contributed by atoms with Crippen LogP contribution in [0.5, 0.6) is 0 Å². The van der Waals surface area contributed by atoms with E-state index in [1.807, 2.05) is 50.1 Å². The number of carboxylic acid groups (broad SMARTS) is 1. The number of anilines is 1. The number of nitrogens with zero attached hydrogens (tertiary/aromatic N) is 1. The molecule has 0 aliphatic carbocycles. The predicted molar refractivity (Wildman–Crippen MR) is 68.9 cm³/mol. The zero-order valence-corrected chi connectivity index (χ0v) is 11.3. The zero-order valence-electron chi connectivity index (χ0n) is 9.70. The normalized spacial score (nSPS) is 11.2. The van der Waals surface area contributed by atoms with Gasteiger partial charge in [-0.25, -0.2) is 0 Å². The van der Waals surface area contributed by atoms with Gasteiger partial charge >= 0.3 is 5.97 Å². The molecular weight excluding hydrogens is 270 g/mol. The smallest absolute Gasteiger partial charge is 0.305 e. The van der Waals surface area contributed by atoms with Crippen molar-refractivity contribution in [2.24, 2.45) is 0 Å². The number of benzene rings is 1. The maximum atomic E-state index is 10.8. The minimum absolute atomic E-state index is 0.107. The minimum Gasteiger partial charge on any atom is -0.481 e. The van der Waals surface area contributed by atoms with Crippen LogP contribution in [-0.2, 0) is 4.79 Å². The van der Waals surface area contributed by atoms with Gasteiger partial charge in [-0.05, 0) is 32.0 Å². The summed E-state index contributed by atoms with van der Waals surface area (Å²) in [5.41, 5.74) is 0.590. The Morgan fingerprint density at radius 1 is 1.50 bits per heavy atom. The van der Waals surface area contributed by atoms with Crippen molar-refractivity contribution in [3.8, 4) is 0 Å². The molecule has 0 spiro atoms. The first-order chi connectivity index (χ1) is 7.33. The molecule has 0 amide bonds. The molecular formula is C12H16BrNO2. The van der Waals surface area contributed by atoms with E-state index in [1.54, 1.807) is 0 Å². The lowest BCUT2D eigenvalue weighted by molar-refractivity contribution is -0.138. The van der Waals surface area contributed by atoms with Crippen LogP contribution in [0.4, 0.5) is 5.69 Å². The molecule has 0 bridgehead atoms. The summed E-state index contributed by atoms with van der Waals surface area (Å²) in [6.07, 6.45) is 0.107. The molecule has 0 saturated heterocycles. The molecule has 1 rings (SSSR count). The molecule has 0 aliphatic rings. The Bertz CT molecular complexity index is 390. The second kappa shape index (κ2) is 4.87. The van der Waals surface area contributed by atoms with E-state index in [-0.39, 0.29) is 6.42 Å². The Morgan fingerprint density at radius 3 is 2.62 bits per heavy atom. The summed E-state index contributed by atoms with van der Waals surface area (Å²) in [5.74, 6) is -0.785. The van der Waals surface area contributed by atoms with Gasteiger partial charge in [-0.15, -0.1) is 0 Å². The van der Waals surface area contributed by atoms with E-state index in [2.05, 4.69) is 15.9 Å². The van der Waals surface area contributed by atoms with Crippen LogP contribution in [0.25, 0.3) is 0 Å². The minimum atomic E-state index is -0.785. The molecule has 0 aromatic heterocycles. The van der Waals surface area contributed by atoms with Gasteiger partial charge in [-0.2, -0.15) is 0 Å². The summed E-state index contributed by atoms with van der Waals surface area (Å²) < 4.78 is 0.989. The van der Waals surface area contributed by atoms with Crippen LogP contribution in [0.2, 0.25) is 0 Å².